The average molecular weight is 471 g/mol. The Balaban J connectivity index is 1.53. The van der Waals surface area contributed by atoms with E-state index in [2.05, 4.69) is 59.0 Å². The highest BCUT2D eigenvalue weighted by molar-refractivity contribution is 6.04. The number of carbonyl (C=O) groups excluding carboxylic acids is 2. The summed E-state index contributed by atoms with van der Waals surface area (Å²) < 4.78 is 0. The van der Waals surface area contributed by atoms with Gasteiger partial charge in [0.2, 0.25) is 0 Å². The Hall–Kier alpha value is -3.80. The molecule has 0 fully saturated rings. The molecule has 35 heavy (non-hydrogen) atoms. The Morgan fingerprint density at radius 1 is 0.829 bits per heavy atom. The lowest BCUT2D eigenvalue weighted by atomic mass is 9.98. The second-order valence-electron chi connectivity index (χ2n) is 9.66. The van der Waals surface area contributed by atoms with Gasteiger partial charge in [0, 0.05) is 36.2 Å². The largest absolute Gasteiger partial charge is 0.366 e. The smallest absolute Gasteiger partial charge is 0.323 e. The fraction of sp³-hybridized carbons (Fsp3) is 0.310. The number of urea groups is 1. The van der Waals surface area contributed by atoms with Gasteiger partial charge in [-0.3, -0.25) is 4.79 Å². The number of anilines is 3. The molecule has 0 bridgehead atoms. The topological polar surface area (TPSA) is 73.5 Å². The Kier molecular flexibility index (Phi) is 7.39. The molecule has 0 aromatic heterocycles. The van der Waals surface area contributed by atoms with Gasteiger partial charge in [0.1, 0.15) is 0 Å². The van der Waals surface area contributed by atoms with Crippen molar-refractivity contribution in [3.63, 3.8) is 0 Å². The van der Waals surface area contributed by atoms with Crippen LogP contribution in [0.2, 0.25) is 0 Å². The van der Waals surface area contributed by atoms with Crippen molar-refractivity contribution in [2.24, 2.45) is 0 Å². The third-order valence-electron chi connectivity index (χ3n) is 6.23. The minimum absolute atomic E-state index is 0.00570. The van der Waals surface area contributed by atoms with E-state index in [0.29, 0.717) is 22.9 Å². The summed E-state index contributed by atoms with van der Waals surface area (Å²) in [5, 5.41) is 8.74. The Morgan fingerprint density at radius 2 is 1.49 bits per heavy atom. The Morgan fingerprint density at radius 3 is 2.17 bits per heavy atom. The van der Waals surface area contributed by atoms with Gasteiger partial charge in [-0.15, -0.1) is 0 Å². The maximum absolute atomic E-state index is 13.1. The van der Waals surface area contributed by atoms with Gasteiger partial charge in [-0.25, -0.2) is 4.79 Å². The van der Waals surface area contributed by atoms with Crippen LogP contribution in [0, 0.1) is 0 Å². The first kappa shape index (κ1) is 24.3. The molecule has 0 atom stereocenters. The van der Waals surface area contributed by atoms with Crippen LogP contribution in [-0.2, 0) is 13.0 Å². The number of nitrogens with one attached hydrogen (secondary N) is 3. The van der Waals surface area contributed by atoms with Crippen molar-refractivity contribution in [2.75, 3.05) is 22.1 Å². The molecule has 0 unspecified atom stereocenters. The van der Waals surface area contributed by atoms with Crippen molar-refractivity contribution in [3.8, 4) is 0 Å². The molecule has 3 amide bonds. The summed E-state index contributed by atoms with van der Waals surface area (Å²) in [5.74, 6) is 0.280. The number of hydrogen-bond donors (Lipinski definition) is 3. The van der Waals surface area contributed by atoms with Crippen LogP contribution >= 0.6 is 0 Å². The molecule has 0 saturated heterocycles. The summed E-state index contributed by atoms with van der Waals surface area (Å²) >= 11 is 0. The first-order valence-corrected chi connectivity index (χ1v) is 12.2. The summed E-state index contributed by atoms with van der Waals surface area (Å²) in [6.45, 7) is 9.73. The fourth-order valence-corrected chi connectivity index (χ4v) is 4.36. The maximum atomic E-state index is 13.1. The predicted octanol–water partition coefficient (Wildman–Crippen LogP) is 6.15. The highest BCUT2D eigenvalue weighted by Crippen LogP contribution is 2.30. The lowest BCUT2D eigenvalue weighted by Crippen LogP contribution is -2.35. The molecule has 0 aliphatic carbocycles. The van der Waals surface area contributed by atoms with Crippen molar-refractivity contribution >= 4 is 29.0 Å². The standard InChI is InChI=1S/C29H34N4O2/c1-19(2)21-9-11-24(12-10-21)31-29(35)32-25-13-14-27(26(17-25)28(34)30-20(3)4)33-16-15-22-7-5-6-8-23(22)18-33/h5-14,17,19-20H,15-16,18H2,1-4H3,(H,30,34)(H2,31,32,35). The zero-order valence-electron chi connectivity index (χ0n) is 20.9. The van der Waals surface area contributed by atoms with Crippen LogP contribution < -0.4 is 20.9 Å². The van der Waals surface area contributed by atoms with Gasteiger partial charge < -0.3 is 20.9 Å². The molecule has 1 aliphatic heterocycles. The third-order valence-corrected chi connectivity index (χ3v) is 6.23. The molecule has 0 spiro atoms. The molecule has 0 radical (unpaired) electrons. The van der Waals surface area contributed by atoms with Gasteiger partial charge in [0.25, 0.3) is 5.91 Å². The Bertz CT molecular complexity index is 1200. The van der Waals surface area contributed by atoms with Crippen molar-refractivity contribution in [1.82, 2.24) is 5.32 Å². The summed E-state index contributed by atoms with van der Waals surface area (Å²) in [5.41, 5.74) is 6.55. The monoisotopic (exact) mass is 470 g/mol. The molecule has 6 heteroatoms. The SMILES string of the molecule is CC(C)NC(=O)c1cc(NC(=O)Nc2ccc(C(C)C)cc2)ccc1N1CCc2ccccc2C1. The van der Waals surface area contributed by atoms with Crippen LogP contribution in [0.25, 0.3) is 0 Å². The minimum Gasteiger partial charge on any atom is -0.366 e. The van der Waals surface area contributed by atoms with Gasteiger partial charge in [-0.05, 0) is 73.2 Å². The molecule has 182 valence electrons. The van der Waals surface area contributed by atoms with Gasteiger partial charge >= 0.3 is 6.03 Å². The molecular formula is C29H34N4O2. The number of nitrogens with zero attached hydrogens (tertiary/aromatic N) is 1. The van der Waals surface area contributed by atoms with E-state index in [1.165, 1.54) is 16.7 Å². The number of rotatable bonds is 6. The van der Waals surface area contributed by atoms with Crippen LogP contribution in [0.1, 0.15) is 60.7 Å². The number of fused-ring (bicyclic) bond motifs is 1. The predicted molar refractivity (Wildman–Crippen MR) is 143 cm³/mol. The van der Waals surface area contributed by atoms with Crippen molar-refractivity contribution < 1.29 is 9.59 Å². The zero-order chi connectivity index (χ0) is 24.9. The van der Waals surface area contributed by atoms with Crippen molar-refractivity contribution in [3.05, 3.63) is 89.0 Å². The van der Waals surface area contributed by atoms with Gasteiger partial charge in [0.15, 0.2) is 0 Å². The van der Waals surface area contributed by atoms with E-state index in [4.69, 9.17) is 0 Å². The molecule has 6 nitrogen and oxygen atoms in total. The molecule has 4 rings (SSSR count). The summed E-state index contributed by atoms with van der Waals surface area (Å²) in [6.07, 6.45) is 0.930. The maximum Gasteiger partial charge on any atom is 0.323 e. The van der Waals surface area contributed by atoms with Crippen molar-refractivity contribution in [1.29, 1.82) is 0 Å². The third kappa shape index (κ3) is 6.01. The van der Waals surface area contributed by atoms with E-state index in [1.54, 1.807) is 6.07 Å². The average Bonchev–Trinajstić information content (AvgIpc) is 2.83. The summed E-state index contributed by atoms with van der Waals surface area (Å²) in [4.78, 5) is 28.0. The highest BCUT2D eigenvalue weighted by Gasteiger charge is 2.22. The van der Waals surface area contributed by atoms with Crippen molar-refractivity contribution in [2.45, 2.75) is 52.6 Å². The first-order chi connectivity index (χ1) is 16.8. The highest BCUT2D eigenvalue weighted by atomic mass is 16.2. The van der Waals surface area contributed by atoms with Gasteiger partial charge in [-0.2, -0.15) is 0 Å². The normalized spacial score (nSPS) is 12.9. The first-order valence-electron chi connectivity index (χ1n) is 12.2. The number of hydrogen-bond acceptors (Lipinski definition) is 3. The number of amides is 3. The summed E-state index contributed by atoms with van der Waals surface area (Å²) in [6, 6.07) is 21.4. The van der Waals surface area contributed by atoms with E-state index in [9.17, 15) is 9.59 Å². The molecule has 3 aromatic rings. The van der Waals surface area contributed by atoms with E-state index in [1.807, 2.05) is 50.2 Å². The lowest BCUT2D eigenvalue weighted by molar-refractivity contribution is 0.0943. The van der Waals surface area contributed by atoms with E-state index in [0.717, 1.165) is 25.2 Å². The molecular weight excluding hydrogens is 436 g/mol. The van der Waals surface area contributed by atoms with Crippen LogP contribution in [-0.4, -0.2) is 24.5 Å². The second-order valence-corrected chi connectivity index (χ2v) is 9.66. The molecule has 1 aliphatic rings. The van der Waals surface area contributed by atoms with Gasteiger partial charge in [-0.1, -0.05) is 50.2 Å². The van der Waals surface area contributed by atoms with Gasteiger partial charge in [0.05, 0.1) is 5.56 Å². The van der Waals surface area contributed by atoms with E-state index >= 15 is 0 Å². The minimum atomic E-state index is -0.350. The Labute approximate surface area is 207 Å². The van der Waals surface area contributed by atoms with Crippen LogP contribution in [0.15, 0.2) is 66.7 Å². The van der Waals surface area contributed by atoms with E-state index < -0.39 is 0 Å². The molecule has 0 saturated carbocycles. The fourth-order valence-electron chi connectivity index (χ4n) is 4.36. The van der Waals surface area contributed by atoms with E-state index in [-0.39, 0.29) is 18.0 Å². The van der Waals surface area contributed by atoms with Crippen LogP contribution in [0.5, 0.6) is 0 Å². The summed E-state index contributed by atoms with van der Waals surface area (Å²) in [7, 11) is 0. The lowest BCUT2D eigenvalue weighted by Gasteiger charge is -2.32. The molecule has 1 heterocycles. The van der Waals surface area contributed by atoms with Crippen LogP contribution in [0.3, 0.4) is 0 Å². The molecule has 3 N–H and O–H groups in total. The zero-order valence-corrected chi connectivity index (χ0v) is 20.9. The molecule has 3 aromatic carbocycles. The van der Waals surface area contributed by atoms with Crippen LogP contribution in [0.4, 0.5) is 21.9 Å². The number of benzene rings is 3. The second kappa shape index (κ2) is 10.6. The quantitative estimate of drug-likeness (QED) is 0.404. The number of carbonyl (C=O) groups is 2.